The van der Waals surface area contributed by atoms with Gasteiger partial charge in [0.15, 0.2) is 0 Å². The summed E-state index contributed by atoms with van der Waals surface area (Å²) in [6, 6.07) is 19.9. The second-order valence-electron chi connectivity index (χ2n) is 4.99. The van der Waals surface area contributed by atoms with Gasteiger partial charge in [0.05, 0.1) is 0 Å². The van der Waals surface area contributed by atoms with Crippen molar-refractivity contribution in [1.82, 2.24) is 5.32 Å². The van der Waals surface area contributed by atoms with Crippen LogP contribution in [0.15, 0.2) is 54.6 Å². The van der Waals surface area contributed by atoms with Gasteiger partial charge in [0.25, 0.3) is 0 Å². The summed E-state index contributed by atoms with van der Waals surface area (Å²) in [7, 11) is 0. The minimum absolute atomic E-state index is 0.450. The lowest BCUT2D eigenvalue weighted by atomic mass is 9.97. The van der Waals surface area contributed by atoms with E-state index < -0.39 is 0 Å². The Hall–Kier alpha value is -1.60. The molecule has 0 saturated carbocycles. The number of aryl methyl sites for hydroxylation is 2. The van der Waals surface area contributed by atoms with Crippen molar-refractivity contribution in [1.29, 1.82) is 0 Å². The van der Waals surface area contributed by atoms with Gasteiger partial charge < -0.3 is 5.32 Å². The molecular formula is C18H23N. The maximum Gasteiger partial charge on any atom is 0.0323 e. The van der Waals surface area contributed by atoms with Gasteiger partial charge in [-0.1, -0.05) is 61.5 Å². The van der Waals surface area contributed by atoms with Crippen LogP contribution in [0.25, 0.3) is 0 Å². The average molecular weight is 253 g/mol. The van der Waals surface area contributed by atoms with E-state index in [0.717, 1.165) is 19.4 Å². The summed E-state index contributed by atoms with van der Waals surface area (Å²) < 4.78 is 0. The zero-order chi connectivity index (χ0) is 13.5. The molecule has 0 bridgehead atoms. The quantitative estimate of drug-likeness (QED) is 0.810. The molecule has 1 nitrogen and oxygen atoms in total. The molecule has 0 amide bonds. The summed E-state index contributed by atoms with van der Waals surface area (Å²) in [5, 5.41) is 3.59. The number of rotatable bonds is 6. The van der Waals surface area contributed by atoms with Crippen molar-refractivity contribution in [3.63, 3.8) is 0 Å². The highest BCUT2D eigenvalue weighted by atomic mass is 14.9. The van der Waals surface area contributed by atoms with Crippen molar-refractivity contribution < 1.29 is 0 Å². The predicted molar refractivity (Wildman–Crippen MR) is 82.4 cm³/mol. The van der Waals surface area contributed by atoms with E-state index >= 15 is 0 Å². The van der Waals surface area contributed by atoms with Gasteiger partial charge in [0.1, 0.15) is 0 Å². The van der Waals surface area contributed by atoms with Crippen LogP contribution in [0.5, 0.6) is 0 Å². The predicted octanol–water partition coefficient (Wildman–Crippen LogP) is 4.28. The van der Waals surface area contributed by atoms with E-state index in [9.17, 15) is 0 Å². The fraction of sp³-hybridized carbons (Fsp3) is 0.333. The van der Waals surface area contributed by atoms with Gasteiger partial charge in [-0.3, -0.25) is 0 Å². The van der Waals surface area contributed by atoms with Gasteiger partial charge in [0.2, 0.25) is 0 Å². The first-order valence-corrected chi connectivity index (χ1v) is 7.14. The standard InChI is InChI=1S/C18H23N/c1-3-19-18(17-11-5-4-6-12-17)14-13-16-10-8-7-9-15(16)2/h4-12,18-19H,3,13-14H2,1-2H3. The van der Waals surface area contributed by atoms with Crippen LogP contribution in [0, 0.1) is 6.92 Å². The van der Waals surface area contributed by atoms with Gasteiger partial charge in [0, 0.05) is 6.04 Å². The van der Waals surface area contributed by atoms with Crippen molar-refractivity contribution in [2.45, 2.75) is 32.7 Å². The molecular weight excluding hydrogens is 230 g/mol. The van der Waals surface area contributed by atoms with Crippen molar-refractivity contribution in [2.75, 3.05) is 6.54 Å². The summed E-state index contributed by atoms with van der Waals surface area (Å²) in [4.78, 5) is 0. The monoisotopic (exact) mass is 253 g/mol. The van der Waals surface area contributed by atoms with Crippen LogP contribution in [-0.4, -0.2) is 6.54 Å². The first-order chi connectivity index (χ1) is 9.31. The topological polar surface area (TPSA) is 12.0 Å². The second-order valence-corrected chi connectivity index (χ2v) is 4.99. The van der Waals surface area contributed by atoms with Crippen LogP contribution < -0.4 is 5.32 Å². The van der Waals surface area contributed by atoms with Gasteiger partial charge in [-0.15, -0.1) is 0 Å². The molecule has 0 spiro atoms. The molecule has 2 rings (SSSR count). The Labute approximate surface area is 116 Å². The molecule has 0 aliphatic heterocycles. The molecule has 0 aliphatic rings. The lowest BCUT2D eigenvalue weighted by molar-refractivity contribution is 0.515. The minimum Gasteiger partial charge on any atom is -0.310 e. The molecule has 1 heteroatoms. The molecule has 1 unspecified atom stereocenters. The third kappa shape index (κ3) is 3.93. The smallest absolute Gasteiger partial charge is 0.0323 e. The Kier molecular flexibility index (Phi) is 5.17. The first kappa shape index (κ1) is 13.8. The Balaban J connectivity index is 2.04. The van der Waals surface area contributed by atoms with E-state index in [1.54, 1.807) is 0 Å². The van der Waals surface area contributed by atoms with Crippen LogP contribution in [0.4, 0.5) is 0 Å². The van der Waals surface area contributed by atoms with E-state index in [1.807, 2.05) is 0 Å². The number of nitrogens with one attached hydrogen (secondary N) is 1. The third-order valence-corrected chi connectivity index (χ3v) is 3.62. The molecule has 0 aliphatic carbocycles. The van der Waals surface area contributed by atoms with Gasteiger partial charge >= 0.3 is 0 Å². The summed E-state index contributed by atoms with van der Waals surface area (Å²) in [6.45, 7) is 5.37. The highest BCUT2D eigenvalue weighted by molar-refractivity contribution is 5.26. The zero-order valence-electron chi connectivity index (χ0n) is 11.9. The number of benzene rings is 2. The third-order valence-electron chi connectivity index (χ3n) is 3.62. The molecule has 1 N–H and O–H groups in total. The highest BCUT2D eigenvalue weighted by Crippen LogP contribution is 2.20. The highest BCUT2D eigenvalue weighted by Gasteiger charge is 2.10. The van der Waals surface area contributed by atoms with Gasteiger partial charge in [-0.25, -0.2) is 0 Å². The Morgan fingerprint density at radius 3 is 2.32 bits per heavy atom. The lowest BCUT2D eigenvalue weighted by Crippen LogP contribution is -2.21. The molecule has 100 valence electrons. The van der Waals surface area contributed by atoms with Crippen LogP contribution in [-0.2, 0) is 6.42 Å². The average Bonchev–Trinajstić information content (AvgIpc) is 2.46. The fourth-order valence-corrected chi connectivity index (χ4v) is 2.51. The van der Waals surface area contributed by atoms with E-state index in [2.05, 4.69) is 73.8 Å². The molecule has 2 aromatic rings. The molecule has 0 radical (unpaired) electrons. The van der Waals surface area contributed by atoms with E-state index in [4.69, 9.17) is 0 Å². The lowest BCUT2D eigenvalue weighted by Gasteiger charge is -2.19. The zero-order valence-corrected chi connectivity index (χ0v) is 11.9. The Bertz CT molecular complexity index is 490. The molecule has 2 aromatic carbocycles. The molecule has 0 heterocycles. The molecule has 19 heavy (non-hydrogen) atoms. The maximum atomic E-state index is 3.59. The minimum atomic E-state index is 0.450. The van der Waals surface area contributed by atoms with Crippen molar-refractivity contribution in [2.24, 2.45) is 0 Å². The largest absolute Gasteiger partial charge is 0.310 e. The van der Waals surface area contributed by atoms with Crippen LogP contribution in [0.1, 0.15) is 36.1 Å². The SMILES string of the molecule is CCNC(CCc1ccccc1C)c1ccccc1. The Morgan fingerprint density at radius 2 is 1.63 bits per heavy atom. The molecule has 1 atom stereocenters. The number of hydrogen-bond acceptors (Lipinski definition) is 1. The normalized spacial score (nSPS) is 12.3. The summed E-state index contributed by atoms with van der Waals surface area (Å²) in [6.07, 6.45) is 2.27. The van der Waals surface area contributed by atoms with Gasteiger partial charge in [-0.2, -0.15) is 0 Å². The van der Waals surface area contributed by atoms with Crippen molar-refractivity contribution >= 4 is 0 Å². The van der Waals surface area contributed by atoms with Crippen molar-refractivity contribution in [3.05, 3.63) is 71.3 Å². The maximum absolute atomic E-state index is 3.59. The number of hydrogen-bond donors (Lipinski definition) is 1. The molecule has 0 fully saturated rings. The van der Waals surface area contributed by atoms with Crippen molar-refractivity contribution in [3.8, 4) is 0 Å². The first-order valence-electron chi connectivity index (χ1n) is 7.14. The van der Waals surface area contributed by atoms with E-state index in [-0.39, 0.29) is 0 Å². The summed E-state index contributed by atoms with van der Waals surface area (Å²) in [5.41, 5.74) is 4.24. The second kappa shape index (κ2) is 7.10. The molecule has 0 saturated heterocycles. The van der Waals surface area contributed by atoms with Gasteiger partial charge in [-0.05, 0) is 43.0 Å². The van der Waals surface area contributed by atoms with E-state index in [0.29, 0.717) is 6.04 Å². The molecule has 0 aromatic heterocycles. The summed E-state index contributed by atoms with van der Waals surface area (Å²) >= 11 is 0. The summed E-state index contributed by atoms with van der Waals surface area (Å²) in [5.74, 6) is 0. The van der Waals surface area contributed by atoms with E-state index in [1.165, 1.54) is 16.7 Å². The van der Waals surface area contributed by atoms with Crippen LogP contribution >= 0.6 is 0 Å². The van der Waals surface area contributed by atoms with Crippen LogP contribution in [0.2, 0.25) is 0 Å². The van der Waals surface area contributed by atoms with Crippen LogP contribution in [0.3, 0.4) is 0 Å². The Morgan fingerprint density at radius 1 is 0.947 bits per heavy atom. The fourth-order valence-electron chi connectivity index (χ4n) is 2.51.